The Hall–Kier alpha value is -1.14. The normalized spacial score (nSPS) is 16.8. The van der Waals surface area contributed by atoms with Crippen molar-refractivity contribution in [3.05, 3.63) is 0 Å². The Labute approximate surface area is 95.3 Å². The molecule has 92 valence electrons. The molecule has 0 unspecified atom stereocenters. The highest BCUT2D eigenvalue weighted by Crippen LogP contribution is 1.90. The molecule has 1 amide bonds. The molecular weight excluding hydrogens is 210 g/mol. The fourth-order valence-corrected chi connectivity index (χ4v) is 1.53. The first-order valence-corrected chi connectivity index (χ1v) is 5.62. The molecule has 0 radical (unpaired) electrons. The van der Waals surface area contributed by atoms with Gasteiger partial charge in [0, 0.05) is 39.3 Å². The Morgan fingerprint density at radius 2 is 2.06 bits per heavy atom. The maximum absolute atomic E-state index is 11.2. The third-order valence-corrected chi connectivity index (χ3v) is 2.38. The summed E-state index contributed by atoms with van der Waals surface area (Å²) in [5.74, 6) is -1.46. The van der Waals surface area contributed by atoms with Gasteiger partial charge in [0.1, 0.15) is 0 Å². The van der Waals surface area contributed by atoms with Gasteiger partial charge in [-0.1, -0.05) is 0 Å². The van der Waals surface area contributed by atoms with Crippen LogP contribution in [0.3, 0.4) is 0 Å². The maximum Gasteiger partial charge on any atom is 0.396 e. The number of hydrogen-bond acceptors (Lipinski definition) is 5. The maximum atomic E-state index is 11.2. The van der Waals surface area contributed by atoms with Crippen molar-refractivity contribution in [2.75, 3.05) is 45.9 Å². The molecule has 0 saturated carbocycles. The Morgan fingerprint density at radius 1 is 1.38 bits per heavy atom. The molecule has 1 heterocycles. The summed E-state index contributed by atoms with van der Waals surface area (Å²) in [5.41, 5.74) is 0. The lowest BCUT2D eigenvalue weighted by Crippen LogP contribution is -2.46. The van der Waals surface area contributed by atoms with Gasteiger partial charge >= 0.3 is 11.9 Å². The van der Waals surface area contributed by atoms with Gasteiger partial charge in [-0.2, -0.15) is 0 Å². The fourth-order valence-electron chi connectivity index (χ4n) is 1.53. The van der Waals surface area contributed by atoms with Gasteiger partial charge in [0.2, 0.25) is 0 Å². The summed E-state index contributed by atoms with van der Waals surface area (Å²) in [7, 11) is 0. The number of carbonyl (C=O) groups is 2. The minimum Gasteiger partial charge on any atom is -0.459 e. The SMILES string of the molecule is CCOC(=O)C(=O)NCCN1CCNCC1. The number of hydrogen-bond donors (Lipinski definition) is 2. The zero-order valence-corrected chi connectivity index (χ0v) is 9.62. The van der Waals surface area contributed by atoms with E-state index in [1.165, 1.54) is 0 Å². The predicted octanol–water partition coefficient (Wildman–Crippen LogP) is -1.43. The molecule has 1 saturated heterocycles. The van der Waals surface area contributed by atoms with Crippen LogP contribution in [0.4, 0.5) is 0 Å². The fraction of sp³-hybridized carbons (Fsp3) is 0.800. The quantitative estimate of drug-likeness (QED) is 0.457. The van der Waals surface area contributed by atoms with E-state index < -0.39 is 11.9 Å². The number of rotatable bonds is 4. The van der Waals surface area contributed by atoms with Gasteiger partial charge in [0.15, 0.2) is 0 Å². The number of esters is 1. The Kier molecular flexibility index (Phi) is 5.81. The van der Waals surface area contributed by atoms with Crippen molar-refractivity contribution in [3.63, 3.8) is 0 Å². The van der Waals surface area contributed by atoms with E-state index in [1.54, 1.807) is 6.92 Å². The van der Waals surface area contributed by atoms with Crippen LogP contribution in [-0.4, -0.2) is 62.7 Å². The van der Waals surface area contributed by atoms with E-state index in [1.807, 2.05) is 0 Å². The van der Waals surface area contributed by atoms with Crippen molar-refractivity contribution in [2.45, 2.75) is 6.92 Å². The number of carbonyl (C=O) groups excluding carboxylic acids is 2. The standard InChI is InChI=1S/C10H19N3O3/c1-2-16-10(15)9(14)12-5-8-13-6-3-11-4-7-13/h11H,2-8H2,1H3,(H,12,14). The van der Waals surface area contributed by atoms with Crippen LogP contribution in [0.2, 0.25) is 0 Å². The van der Waals surface area contributed by atoms with Crippen LogP contribution in [0.25, 0.3) is 0 Å². The molecule has 0 aromatic carbocycles. The molecule has 0 spiro atoms. The summed E-state index contributed by atoms with van der Waals surface area (Å²) in [6.45, 7) is 7.07. The summed E-state index contributed by atoms with van der Waals surface area (Å²) >= 11 is 0. The van der Waals surface area contributed by atoms with Crippen molar-refractivity contribution in [2.24, 2.45) is 0 Å². The van der Waals surface area contributed by atoms with E-state index in [4.69, 9.17) is 0 Å². The highest BCUT2D eigenvalue weighted by molar-refractivity contribution is 6.32. The molecule has 2 N–H and O–H groups in total. The second-order valence-corrected chi connectivity index (χ2v) is 3.57. The van der Waals surface area contributed by atoms with Crippen molar-refractivity contribution in [3.8, 4) is 0 Å². The zero-order valence-electron chi connectivity index (χ0n) is 9.62. The lowest BCUT2D eigenvalue weighted by Gasteiger charge is -2.26. The molecular formula is C10H19N3O3. The van der Waals surface area contributed by atoms with Gasteiger partial charge in [-0.25, -0.2) is 4.79 Å². The van der Waals surface area contributed by atoms with Crippen molar-refractivity contribution >= 4 is 11.9 Å². The average Bonchev–Trinajstić information content (AvgIpc) is 2.30. The van der Waals surface area contributed by atoms with Crippen LogP contribution in [0.5, 0.6) is 0 Å². The van der Waals surface area contributed by atoms with Gasteiger partial charge in [-0.3, -0.25) is 9.69 Å². The van der Waals surface area contributed by atoms with E-state index in [0.29, 0.717) is 6.54 Å². The summed E-state index contributed by atoms with van der Waals surface area (Å²) in [5, 5.41) is 5.78. The molecule has 0 aromatic heterocycles. The zero-order chi connectivity index (χ0) is 11.8. The second-order valence-electron chi connectivity index (χ2n) is 3.57. The minimum absolute atomic E-state index is 0.226. The predicted molar refractivity (Wildman–Crippen MR) is 59.0 cm³/mol. The van der Waals surface area contributed by atoms with Crippen molar-refractivity contribution in [1.82, 2.24) is 15.5 Å². The Morgan fingerprint density at radius 3 is 2.69 bits per heavy atom. The molecule has 16 heavy (non-hydrogen) atoms. The topological polar surface area (TPSA) is 70.7 Å². The molecule has 6 nitrogen and oxygen atoms in total. The summed E-state index contributed by atoms with van der Waals surface area (Å²) < 4.78 is 4.57. The summed E-state index contributed by atoms with van der Waals surface area (Å²) in [6, 6.07) is 0. The number of piperazine rings is 1. The molecule has 1 fully saturated rings. The van der Waals surface area contributed by atoms with Gasteiger partial charge in [-0.05, 0) is 6.92 Å². The first-order chi connectivity index (χ1) is 7.74. The highest BCUT2D eigenvalue weighted by atomic mass is 16.5. The molecule has 0 bridgehead atoms. The highest BCUT2D eigenvalue weighted by Gasteiger charge is 2.14. The average molecular weight is 229 g/mol. The minimum atomic E-state index is -0.803. The van der Waals surface area contributed by atoms with E-state index in [2.05, 4.69) is 20.3 Å². The third kappa shape index (κ3) is 4.59. The number of nitrogens with zero attached hydrogens (tertiary/aromatic N) is 1. The summed E-state index contributed by atoms with van der Waals surface area (Å²) in [6.07, 6.45) is 0. The van der Waals surface area contributed by atoms with Gasteiger partial charge in [0.25, 0.3) is 0 Å². The lowest BCUT2D eigenvalue weighted by atomic mass is 10.3. The first-order valence-electron chi connectivity index (χ1n) is 5.62. The summed E-state index contributed by atoms with van der Waals surface area (Å²) in [4.78, 5) is 24.4. The van der Waals surface area contributed by atoms with Crippen LogP contribution in [-0.2, 0) is 14.3 Å². The second kappa shape index (κ2) is 7.19. The molecule has 1 aliphatic heterocycles. The van der Waals surface area contributed by atoms with Crippen molar-refractivity contribution < 1.29 is 14.3 Å². The molecule has 0 atom stereocenters. The molecule has 1 rings (SSSR count). The van der Waals surface area contributed by atoms with E-state index in [-0.39, 0.29) is 6.61 Å². The molecule has 1 aliphatic rings. The Bertz CT molecular complexity index is 239. The number of ether oxygens (including phenoxy) is 1. The van der Waals surface area contributed by atoms with E-state index in [9.17, 15) is 9.59 Å². The van der Waals surface area contributed by atoms with Crippen molar-refractivity contribution in [1.29, 1.82) is 0 Å². The molecule has 0 aliphatic carbocycles. The third-order valence-electron chi connectivity index (χ3n) is 2.38. The van der Waals surface area contributed by atoms with Crippen LogP contribution in [0.1, 0.15) is 6.92 Å². The van der Waals surface area contributed by atoms with Gasteiger partial charge in [-0.15, -0.1) is 0 Å². The van der Waals surface area contributed by atoms with E-state index >= 15 is 0 Å². The first kappa shape index (κ1) is 12.9. The van der Waals surface area contributed by atoms with Crippen LogP contribution < -0.4 is 10.6 Å². The van der Waals surface area contributed by atoms with Gasteiger partial charge < -0.3 is 15.4 Å². The molecule has 6 heteroatoms. The smallest absolute Gasteiger partial charge is 0.396 e. The lowest BCUT2D eigenvalue weighted by molar-refractivity contribution is -0.154. The number of nitrogens with one attached hydrogen (secondary N) is 2. The number of amides is 1. The monoisotopic (exact) mass is 229 g/mol. The van der Waals surface area contributed by atoms with E-state index in [0.717, 1.165) is 32.7 Å². The molecule has 0 aromatic rings. The Balaban J connectivity index is 2.09. The largest absolute Gasteiger partial charge is 0.459 e. The van der Waals surface area contributed by atoms with Crippen LogP contribution in [0.15, 0.2) is 0 Å². The van der Waals surface area contributed by atoms with Gasteiger partial charge in [0.05, 0.1) is 6.61 Å². The van der Waals surface area contributed by atoms with Crippen LogP contribution >= 0.6 is 0 Å². The van der Waals surface area contributed by atoms with Crippen LogP contribution in [0, 0.1) is 0 Å².